The molecule has 5 N–H and O–H groups in total. The minimum Gasteiger partial charge on any atom is -0.508 e. The first-order valence-corrected chi connectivity index (χ1v) is 12.3. The molecule has 0 aliphatic carbocycles. The van der Waals surface area contributed by atoms with E-state index in [2.05, 4.69) is 39.8 Å². The van der Waals surface area contributed by atoms with Gasteiger partial charge in [-0.2, -0.15) is 0 Å². The van der Waals surface area contributed by atoms with Gasteiger partial charge in [0.15, 0.2) is 6.29 Å². The second kappa shape index (κ2) is 13.9. The third-order valence-electron chi connectivity index (χ3n) is 6.22. The Labute approximate surface area is 203 Å². The number of aryl methyl sites for hydroxylation is 1. The smallest absolute Gasteiger partial charge is 0.210 e. The first-order valence-electron chi connectivity index (χ1n) is 12.3. The molecule has 1 aliphatic heterocycles. The summed E-state index contributed by atoms with van der Waals surface area (Å²) in [6, 6.07) is 3.60. The van der Waals surface area contributed by atoms with Crippen molar-refractivity contribution in [3.63, 3.8) is 0 Å². The third-order valence-corrected chi connectivity index (χ3v) is 6.22. The lowest BCUT2D eigenvalue weighted by Crippen LogP contribution is -2.57. The number of rotatable bonds is 12. The van der Waals surface area contributed by atoms with Crippen LogP contribution in [0.25, 0.3) is 0 Å². The summed E-state index contributed by atoms with van der Waals surface area (Å²) in [4.78, 5) is 0. The summed E-state index contributed by atoms with van der Waals surface area (Å²) >= 11 is 0. The van der Waals surface area contributed by atoms with E-state index >= 15 is 0 Å². The van der Waals surface area contributed by atoms with Crippen LogP contribution in [0.2, 0.25) is 0 Å². The van der Waals surface area contributed by atoms with Crippen LogP contribution in [-0.2, 0) is 17.6 Å². The lowest BCUT2D eigenvalue weighted by Gasteiger charge is -2.40. The molecule has 0 aromatic heterocycles. The summed E-state index contributed by atoms with van der Waals surface area (Å²) in [5, 5.41) is 50.8. The number of hydrogen-bond donors (Lipinski definition) is 5. The minimum atomic E-state index is -1.65. The predicted molar refractivity (Wildman–Crippen MR) is 132 cm³/mol. The fourth-order valence-corrected chi connectivity index (χ4v) is 4.02. The van der Waals surface area contributed by atoms with E-state index in [1.807, 2.05) is 6.07 Å². The van der Waals surface area contributed by atoms with E-state index < -0.39 is 37.3 Å². The molecular formula is C27H42O7. The van der Waals surface area contributed by atoms with Crippen molar-refractivity contribution in [3.05, 3.63) is 46.6 Å². The first kappa shape index (κ1) is 28.3. The number of aliphatic hydroxyl groups is 4. The van der Waals surface area contributed by atoms with Gasteiger partial charge in [-0.05, 0) is 70.6 Å². The highest BCUT2D eigenvalue weighted by Crippen LogP contribution is 2.35. The van der Waals surface area contributed by atoms with Crippen molar-refractivity contribution >= 4 is 0 Å². The number of allylic oxidation sites excluding steroid dienone is 4. The SMILES string of the molecule is CCCCCc1cc(O)c(C/C=C(\C)CCC=C(C)C)c(OC2O[C@H](O)[C@@H](O)[C@H](O)[C@H]2CO)c1. The van der Waals surface area contributed by atoms with Gasteiger partial charge in [-0.15, -0.1) is 0 Å². The van der Waals surface area contributed by atoms with Crippen LogP contribution in [0.1, 0.15) is 70.9 Å². The number of benzene rings is 1. The number of aliphatic hydroxyl groups excluding tert-OH is 4. The Morgan fingerprint density at radius 1 is 1.06 bits per heavy atom. The number of phenolic OH excluding ortho intramolecular Hbond substituents is 1. The first-order chi connectivity index (χ1) is 16.2. The molecular weight excluding hydrogens is 436 g/mol. The topological polar surface area (TPSA) is 120 Å². The van der Waals surface area contributed by atoms with Crippen LogP contribution in [0.15, 0.2) is 35.4 Å². The number of phenols is 1. The lowest BCUT2D eigenvalue weighted by molar-refractivity contribution is -0.312. The normalized spacial score (nSPS) is 25.3. The summed E-state index contributed by atoms with van der Waals surface area (Å²) in [5.41, 5.74) is 3.94. The van der Waals surface area contributed by atoms with Crippen molar-refractivity contribution < 1.29 is 35.0 Å². The Kier molecular flexibility index (Phi) is 11.5. The van der Waals surface area contributed by atoms with Gasteiger partial charge in [0.2, 0.25) is 6.29 Å². The fraction of sp³-hybridized carbons (Fsp3) is 0.630. The number of hydrogen-bond acceptors (Lipinski definition) is 7. The Bertz CT molecular complexity index is 829. The minimum absolute atomic E-state index is 0.106. The van der Waals surface area contributed by atoms with Gasteiger partial charge in [-0.1, -0.05) is 43.1 Å². The number of unbranched alkanes of at least 4 members (excludes halogenated alkanes) is 2. The van der Waals surface area contributed by atoms with Gasteiger partial charge < -0.3 is 35.0 Å². The standard InChI is InChI=1S/C27H42O7/c1-5-6-7-11-19-14-22(29)20(13-12-18(4)10-8-9-17(2)3)23(15-19)33-27-21(16-28)24(30)25(31)26(32)34-27/h9,12,14-15,21,24-32H,5-8,10-11,13,16H2,1-4H3/b18-12+/t21-,24-,25+,26+,27?/m1/s1. The molecule has 34 heavy (non-hydrogen) atoms. The predicted octanol–water partition coefficient (Wildman–Crippen LogP) is 3.74. The van der Waals surface area contributed by atoms with Gasteiger partial charge in [0.25, 0.3) is 0 Å². The van der Waals surface area contributed by atoms with Crippen molar-refractivity contribution in [3.8, 4) is 11.5 Å². The van der Waals surface area contributed by atoms with Crippen LogP contribution >= 0.6 is 0 Å². The molecule has 1 aromatic carbocycles. The monoisotopic (exact) mass is 478 g/mol. The van der Waals surface area contributed by atoms with Crippen LogP contribution in [0.3, 0.4) is 0 Å². The Morgan fingerprint density at radius 2 is 1.79 bits per heavy atom. The molecule has 2 rings (SSSR count). The zero-order valence-electron chi connectivity index (χ0n) is 20.9. The highest BCUT2D eigenvalue weighted by atomic mass is 16.7. The van der Waals surface area contributed by atoms with Gasteiger partial charge in [0.05, 0.1) is 18.6 Å². The Morgan fingerprint density at radius 3 is 2.44 bits per heavy atom. The van der Waals surface area contributed by atoms with E-state index in [1.54, 1.807) is 6.07 Å². The molecule has 192 valence electrons. The molecule has 1 unspecified atom stereocenters. The van der Waals surface area contributed by atoms with E-state index in [0.29, 0.717) is 17.7 Å². The van der Waals surface area contributed by atoms with E-state index in [0.717, 1.165) is 44.1 Å². The van der Waals surface area contributed by atoms with Gasteiger partial charge in [-0.3, -0.25) is 0 Å². The van der Waals surface area contributed by atoms with Gasteiger partial charge >= 0.3 is 0 Å². The van der Waals surface area contributed by atoms with Crippen LogP contribution in [0.5, 0.6) is 11.5 Å². The quantitative estimate of drug-likeness (QED) is 0.229. The molecule has 0 amide bonds. The molecule has 7 heteroatoms. The zero-order chi connectivity index (χ0) is 25.3. The highest BCUT2D eigenvalue weighted by Gasteiger charge is 2.45. The molecule has 0 bridgehead atoms. The number of aromatic hydroxyl groups is 1. The van der Waals surface area contributed by atoms with Crippen LogP contribution in [0, 0.1) is 5.92 Å². The molecule has 1 aromatic rings. The molecule has 0 radical (unpaired) electrons. The van der Waals surface area contributed by atoms with Crippen molar-refractivity contribution in [2.24, 2.45) is 5.92 Å². The van der Waals surface area contributed by atoms with Crippen molar-refractivity contribution in [2.75, 3.05) is 6.61 Å². The number of ether oxygens (including phenoxy) is 2. The largest absolute Gasteiger partial charge is 0.508 e. The maximum Gasteiger partial charge on any atom is 0.210 e. The maximum atomic E-state index is 10.8. The zero-order valence-corrected chi connectivity index (χ0v) is 20.9. The van der Waals surface area contributed by atoms with E-state index in [9.17, 15) is 25.5 Å². The van der Waals surface area contributed by atoms with Crippen molar-refractivity contribution in [1.29, 1.82) is 0 Å². The van der Waals surface area contributed by atoms with E-state index in [4.69, 9.17) is 9.47 Å². The summed E-state index contributed by atoms with van der Waals surface area (Å²) in [6.45, 7) is 7.82. The second-order valence-corrected chi connectivity index (χ2v) is 9.46. The average Bonchev–Trinajstić information content (AvgIpc) is 2.77. The molecule has 1 aliphatic rings. The van der Waals surface area contributed by atoms with Crippen LogP contribution in [-0.4, -0.2) is 56.9 Å². The van der Waals surface area contributed by atoms with Crippen molar-refractivity contribution in [1.82, 2.24) is 0 Å². The van der Waals surface area contributed by atoms with Gasteiger partial charge in [0, 0.05) is 5.56 Å². The fourth-order valence-electron chi connectivity index (χ4n) is 4.02. The van der Waals surface area contributed by atoms with Crippen LogP contribution in [0.4, 0.5) is 0 Å². The Hall–Kier alpha value is -1.90. The lowest BCUT2D eigenvalue weighted by atomic mass is 9.94. The molecule has 1 saturated heterocycles. The maximum absolute atomic E-state index is 10.8. The summed E-state index contributed by atoms with van der Waals surface area (Å²) in [7, 11) is 0. The van der Waals surface area contributed by atoms with E-state index in [1.165, 1.54) is 11.1 Å². The molecule has 1 heterocycles. The molecule has 0 spiro atoms. The summed E-state index contributed by atoms with van der Waals surface area (Å²) < 4.78 is 11.4. The highest BCUT2D eigenvalue weighted by molar-refractivity contribution is 5.48. The molecule has 0 saturated carbocycles. The summed E-state index contributed by atoms with van der Waals surface area (Å²) in [6.07, 6.45) is 4.63. The molecule has 1 fully saturated rings. The summed E-state index contributed by atoms with van der Waals surface area (Å²) in [5.74, 6) is -0.479. The second-order valence-electron chi connectivity index (χ2n) is 9.46. The van der Waals surface area contributed by atoms with Gasteiger partial charge in [-0.25, -0.2) is 0 Å². The molecule has 5 atom stereocenters. The van der Waals surface area contributed by atoms with Crippen LogP contribution < -0.4 is 4.74 Å². The third kappa shape index (κ3) is 8.10. The van der Waals surface area contributed by atoms with Crippen molar-refractivity contribution in [2.45, 2.75) is 97.4 Å². The Balaban J connectivity index is 2.31. The molecule has 7 nitrogen and oxygen atoms in total. The average molecular weight is 479 g/mol. The van der Waals surface area contributed by atoms with Gasteiger partial charge in [0.1, 0.15) is 17.6 Å². The van der Waals surface area contributed by atoms with E-state index in [-0.39, 0.29) is 5.75 Å².